The van der Waals surface area contributed by atoms with Crippen LogP contribution < -0.4 is 0 Å². The maximum atomic E-state index is 10.4. The predicted molar refractivity (Wildman–Crippen MR) is 80.9 cm³/mol. The Kier molecular flexibility index (Phi) is 4.39. The molecule has 2 aromatic heterocycles. The third kappa shape index (κ3) is 3.18. The van der Waals surface area contributed by atoms with E-state index in [2.05, 4.69) is 27.9 Å². The third-order valence-electron chi connectivity index (χ3n) is 4.44. The van der Waals surface area contributed by atoms with E-state index in [4.69, 9.17) is 0 Å². The highest BCUT2D eigenvalue weighted by molar-refractivity contribution is 5.09. The van der Waals surface area contributed by atoms with Gasteiger partial charge in [-0.25, -0.2) is 4.98 Å². The summed E-state index contributed by atoms with van der Waals surface area (Å²) in [6.07, 6.45) is 12.0. The summed E-state index contributed by atoms with van der Waals surface area (Å²) in [6, 6.07) is 2.58. The summed E-state index contributed by atoms with van der Waals surface area (Å²) in [5.74, 6) is 0. The Morgan fingerprint density at radius 3 is 2.90 bits per heavy atom. The zero-order valence-electron chi connectivity index (χ0n) is 12.6. The lowest BCUT2D eigenvalue weighted by Crippen LogP contribution is -2.14. The van der Waals surface area contributed by atoms with E-state index in [0.29, 0.717) is 12.5 Å². The van der Waals surface area contributed by atoms with Crippen molar-refractivity contribution in [2.45, 2.75) is 64.1 Å². The molecule has 1 aliphatic rings. The highest BCUT2D eigenvalue weighted by Crippen LogP contribution is 2.28. The quantitative estimate of drug-likeness (QED) is 0.920. The SMILES string of the molecule is CCn1cncc1C(O)Cc1ccn(C2CCCCC2)n1. The number of imidazole rings is 1. The van der Waals surface area contributed by atoms with Crippen molar-refractivity contribution < 1.29 is 5.11 Å². The summed E-state index contributed by atoms with van der Waals surface area (Å²) in [7, 11) is 0. The van der Waals surface area contributed by atoms with Crippen molar-refractivity contribution in [1.82, 2.24) is 19.3 Å². The van der Waals surface area contributed by atoms with Gasteiger partial charge in [0, 0.05) is 19.2 Å². The van der Waals surface area contributed by atoms with E-state index in [9.17, 15) is 5.11 Å². The van der Waals surface area contributed by atoms with Crippen LogP contribution in [0, 0.1) is 0 Å². The van der Waals surface area contributed by atoms with Gasteiger partial charge in [0.15, 0.2) is 0 Å². The highest BCUT2D eigenvalue weighted by atomic mass is 16.3. The molecule has 5 nitrogen and oxygen atoms in total. The summed E-state index contributed by atoms with van der Waals surface area (Å²) in [5.41, 5.74) is 1.82. The first-order chi connectivity index (χ1) is 10.3. The van der Waals surface area contributed by atoms with E-state index in [1.54, 1.807) is 12.5 Å². The van der Waals surface area contributed by atoms with Crippen LogP contribution in [0.5, 0.6) is 0 Å². The lowest BCUT2D eigenvalue weighted by atomic mass is 9.96. The van der Waals surface area contributed by atoms with Gasteiger partial charge in [-0.15, -0.1) is 0 Å². The van der Waals surface area contributed by atoms with Crippen LogP contribution in [-0.2, 0) is 13.0 Å². The Labute approximate surface area is 125 Å². The average Bonchev–Trinajstić information content (AvgIpc) is 3.16. The van der Waals surface area contributed by atoms with Gasteiger partial charge < -0.3 is 9.67 Å². The van der Waals surface area contributed by atoms with E-state index < -0.39 is 6.10 Å². The fourth-order valence-corrected chi connectivity index (χ4v) is 3.21. The van der Waals surface area contributed by atoms with Gasteiger partial charge in [-0.2, -0.15) is 5.10 Å². The summed E-state index contributed by atoms with van der Waals surface area (Å²) in [4.78, 5) is 4.11. The summed E-state index contributed by atoms with van der Waals surface area (Å²) in [6.45, 7) is 2.87. The molecule has 5 heteroatoms. The number of hydrogen-bond donors (Lipinski definition) is 1. The average molecular weight is 288 g/mol. The van der Waals surface area contributed by atoms with Crippen LogP contribution >= 0.6 is 0 Å². The van der Waals surface area contributed by atoms with Crippen molar-refractivity contribution in [3.8, 4) is 0 Å². The molecule has 1 saturated carbocycles. The number of nitrogens with zero attached hydrogens (tertiary/aromatic N) is 4. The molecule has 3 rings (SSSR count). The van der Waals surface area contributed by atoms with E-state index >= 15 is 0 Å². The molecule has 1 aliphatic carbocycles. The standard InChI is InChI=1S/C16H24N4O/c1-2-19-12-17-11-15(19)16(21)10-13-8-9-20(18-13)14-6-4-3-5-7-14/h8-9,11-12,14,16,21H,2-7,10H2,1H3. The fourth-order valence-electron chi connectivity index (χ4n) is 3.21. The summed E-state index contributed by atoms with van der Waals surface area (Å²) >= 11 is 0. The summed E-state index contributed by atoms with van der Waals surface area (Å²) < 4.78 is 4.07. The molecule has 1 atom stereocenters. The lowest BCUT2D eigenvalue weighted by Gasteiger charge is -2.21. The molecule has 2 aromatic rings. The molecular formula is C16H24N4O. The molecule has 0 spiro atoms. The number of hydrogen-bond acceptors (Lipinski definition) is 3. The first-order valence-electron chi connectivity index (χ1n) is 8.00. The van der Waals surface area contributed by atoms with Gasteiger partial charge in [0.05, 0.1) is 30.0 Å². The number of aryl methyl sites for hydroxylation is 1. The molecule has 1 unspecified atom stereocenters. The normalized spacial score (nSPS) is 18.0. The number of aliphatic hydroxyl groups excluding tert-OH is 1. The predicted octanol–water partition coefficient (Wildman–Crippen LogP) is 2.88. The molecule has 0 aliphatic heterocycles. The van der Waals surface area contributed by atoms with Gasteiger partial charge in [-0.1, -0.05) is 19.3 Å². The van der Waals surface area contributed by atoms with Gasteiger partial charge in [0.2, 0.25) is 0 Å². The van der Waals surface area contributed by atoms with Crippen molar-refractivity contribution in [1.29, 1.82) is 0 Å². The number of rotatable bonds is 5. The zero-order chi connectivity index (χ0) is 14.7. The topological polar surface area (TPSA) is 55.9 Å². The second-order valence-corrected chi connectivity index (χ2v) is 5.90. The molecule has 0 aromatic carbocycles. The van der Waals surface area contributed by atoms with Crippen molar-refractivity contribution in [3.63, 3.8) is 0 Å². The minimum atomic E-state index is -0.540. The van der Waals surface area contributed by atoms with Crippen molar-refractivity contribution >= 4 is 0 Å². The van der Waals surface area contributed by atoms with E-state index in [1.807, 2.05) is 10.6 Å². The smallest absolute Gasteiger partial charge is 0.101 e. The van der Waals surface area contributed by atoms with Crippen LogP contribution in [0.1, 0.15) is 62.6 Å². The van der Waals surface area contributed by atoms with E-state index in [-0.39, 0.29) is 0 Å². The molecule has 0 saturated heterocycles. The molecule has 21 heavy (non-hydrogen) atoms. The van der Waals surface area contributed by atoms with Crippen molar-refractivity contribution in [3.05, 3.63) is 36.2 Å². The largest absolute Gasteiger partial charge is 0.386 e. The van der Waals surface area contributed by atoms with Crippen LogP contribution in [0.2, 0.25) is 0 Å². The van der Waals surface area contributed by atoms with Gasteiger partial charge in [-0.05, 0) is 25.8 Å². The molecular weight excluding hydrogens is 264 g/mol. The maximum absolute atomic E-state index is 10.4. The molecule has 0 bridgehead atoms. The van der Waals surface area contributed by atoms with Crippen LogP contribution in [0.25, 0.3) is 0 Å². The lowest BCUT2D eigenvalue weighted by molar-refractivity contribution is 0.167. The number of aliphatic hydroxyl groups is 1. The Bertz CT molecular complexity index is 568. The monoisotopic (exact) mass is 288 g/mol. The minimum Gasteiger partial charge on any atom is -0.386 e. The molecule has 0 amide bonds. The van der Waals surface area contributed by atoms with Crippen molar-refractivity contribution in [2.24, 2.45) is 0 Å². The fraction of sp³-hybridized carbons (Fsp3) is 0.625. The molecule has 114 valence electrons. The Morgan fingerprint density at radius 1 is 1.33 bits per heavy atom. The van der Waals surface area contributed by atoms with E-state index in [0.717, 1.165) is 17.9 Å². The van der Waals surface area contributed by atoms with Crippen LogP contribution in [0.3, 0.4) is 0 Å². The van der Waals surface area contributed by atoms with Crippen molar-refractivity contribution in [2.75, 3.05) is 0 Å². The highest BCUT2D eigenvalue weighted by Gasteiger charge is 2.18. The molecule has 2 heterocycles. The maximum Gasteiger partial charge on any atom is 0.101 e. The first kappa shape index (κ1) is 14.3. The van der Waals surface area contributed by atoms with Crippen LogP contribution in [0.15, 0.2) is 24.8 Å². The van der Waals surface area contributed by atoms with Crippen LogP contribution in [-0.4, -0.2) is 24.4 Å². The Morgan fingerprint density at radius 2 is 2.14 bits per heavy atom. The third-order valence-corrected chi connectivity index (χ3v) is 4.44. The molecule has 1 fully saturated rings. The van der Waals surface area contributed by atoms with Gasteiger partial charge in [-0.3, -0.25) is 4.68 Å². The van der Waals surface area contributed by atoms with Crippen LogP contribution in [0.4, 0.5) is 0 Å². The van der Waals surface area contributed by atoms with Gasteiger partial charge in [0.25, 0.3) is 0 Å². The van der Waals surface area contributed by atoms with Gasteiger partial charge >= 0.3 is 0 Å². The summed E-state index contributed by atoms with van der Waals surface area (Å²) in [5, 5.41) is 15.1. The Balaban J connectivity index is 1.66. The Hall–Kier alpha value is -1.62. The second-order valence-electron chi connectivity index (χ2n) is 5.90. The second kappa shape index (κ2) is 6.43. The van der Waals surface area contributed by atoms with Gasteiger partial charge in [0.1, 0.15) is 6.10 Å². The minimum absolute atomic E-state index is 0.540. The first-order valence-corrected chi connectivity index (χ1v) is 8.00. The molecule has 0 radical (unpaired) electrons. The number of aromatic nitrogens is 4. The zero-order valence-corrected chi connectivity index (χ0v) is 12.6. The van der Waals surface area contributed by atoms with E-state index in [1.165, 1.54) is 32.1 Å². The molecule has 1 N–H and O–H groups in total.